The quantitative estimate of drug-likeness (QED) is 0.705. The smallest absolute Gasteiger partial charge is 0.258 e. The lowest BCUT2D eigenvalue weighted by Gasteiger charge is -2.35. The fourth-order valence-electron chi connectivity index (χ4n) is 1.65. The van der Waals surface area contributed by atoms with Crippen molar-refractivity contribution in [3.63, 3.8) is 0 Å². The zero-order chi connectivity index (χ0) is 13.8. The molecule has 0 saturated carbocycles. The zero-order valence-electron chi connectivity index (χ0n) is 10.3. The number of carbonyl (C=O) groups excluding carboxylic acids is 2. The van der Waals surface area contributed by atoms with Gasteiger partial charge in [-0.1, -0.05) is 18.2 Å². The van der Waals surface area contributed by atoms with Crippen molar-refractivity contribution in [2.75, 3.05) is 12.9 Å². The molecule has 0 bridgehead atoms. The van der Waals surface area contributed by atoms with Crippen molar-refractivity contribution >= 4 is 22.6 Å². The minimum absolute atomic E-state index is 0.184. The van der Waals surface area contributed by atoms with E-state index in [4.69, 9.17) is 4.74 Å². The first-order valence-corrected chi connectivity index (χ1v) is 7.30. The fourth-order valence-corrected chi connectivity index (χ4v) is 2.51. The van der Waals surface area contributed by atoms with Crippen LogP contribution in [0.25, 0.3) is 0 Å². The van der Waals surface area contributed by atoms with Gasteiger partial charge < -0.3 is 15.4 Å². The van der Waals surface area contributed by atoms with Crippen LogP contribution in [0, 0.1) is 0 Å². The van der Waals surface area contributed by atoms with Crippen LogP contribution >= 0.6 is 0 Å². The van der Waals surface area contributed by atoms with Gasteiger partial charge in [-0.05, 0) is 12.1 Å². The van der Waals surface area contributed by atoms with Gasteiger partial charge in [0, 0.05) is 17.1 Å². The highest BCUT2D eigenvalue weighted by atomic mass is 32.2. The molecule has 1 aliphatic heterocycles. The van der Waals surface area contributed by atoms with E-state index in [0.29, 0.717) is 5.75 Å². The highest BCUT2D eigenvalue weighted by Gasteiger charge is 2.42. The van der Waals surface area contributed by atoms with Crippen molar-refractivity contribution in [3.05, 3.63) is 30.3 Å². The molecule has 1 aromatic rings. The molecular weight excluding hydrogens is 268 g/mol. The van der Waals surface area contributed by atoms with Crippen LogP contribution in [0.15, 0.2) is 30.3 Å². The third kappa shape index (κ3) is 3.31. The van der Waals surface area contributed by atoms with Crippen LogP contribution < -0.4 is 15.4 Å². The Balaban J connectivity index is 1.81. The second-order valence-corrected chi connectivity index (χ2v) is 5.58. The molecule has 1 saturated heterocycles. The molecule has 1 fully saturated rings. The summed E-state index contributed by atoms with van der Waals surface area (Å²) in [5, 5.41) is 4.46. The lowest BCUT2D eigenvalue weighted by atomic mass is 10.1. The number of hydrogen-bond donors (Lipinski definition) is 2. The summed E-state index contributed by atoms with van der Waals surface area (Å²) in [6, 6.07) is 8.15. The molecule has 1 unspecified atom stereocenters. The van der Waals surface area contributed by atoms with Gasteiger partial charge in [0.1, 0.15) is 17.2 Å². The first-order chi connectivity index (χ1) is 9.08. The van der Waals surface area contributed by atoms with Crippen molar-refractivity contribution in [2.24, 2.45) is 0 Å². The summed E-state index contributed by atoms with van der Waals surface area (Å²) in [5.41, 5.74) is 0. The van der Waals surface area contributed by atoms with E-state index < -0.39 is 28.1 Å². The summed E-state index contributed by atoms with van der Waals surface area (Å²) < 4.78 is 16.5. The van der Waals surface area contributed by atoms with E-state index >= 15 is 0 Å². The van der Waals surface area contributed by atoms with Crippen LogP contribution in [0.4, 0.5) is 0 Å². The number of carbonyl (C=O) groups is 2. The van der Waals surface area contributed by atoms with E-state index in [-0.39, 0.29) is 12.5 Å². The number of β-lactam (4-membered cyclic amide) rings is 1. The van der Waals surface area contributed by atoms with E-state index in [0.717, 1.165) is 0 Å². The monoisotopic (exact) mass is 282 g/mol. The van der Waals surface area contributed by atoms with Crippen molar-refractivity contribution in [3.8, 4) is 5.75 Å². The maximum Gasteiger partial charge on any atom is 0.258 e. The maximum atomic E-state index is 11.6. The van der Waals surface area contributed by atoms with Crippen LogP contribution in [0.1, 0.15) is 0 Å². The number of para-hydroxylation sites is 1. The van der Waals surface area contributed by atoms with E-state index in [9.17, 15) is 13.8 Å². The summed E-state index contributed by atoms with van der Waals surface area (Å²) in [5.74, 6) is -0.168. The molecule has 0 spiro atoms. The largest absolute Gasteiger partial charge is 0.484 e. The Morgan fingerprint density at radius 1 is 1.42 bits per heavy atom. The first-order valence-electron chi connectivity index (χ1n) is 5.68. The van der Waals surface area contributed by atoms with Crippen LogP contribution in [0.3, 0.4) is 0 Å². The summed E-state index contributed by atoms with van der Waals surface area (Å²) >= 11 is 0. The van der Waals surface area contributed by atoms with Gasteiger partial charge in [0.05, 0.1) is 0 Å². The van der Waals surface area contributed by atoms with E-state index in [1.165, 1.54) is 6.26 Å². The standard InChI is InChI=1S/C12H14N2O4S/c1-19(17)12-10(11(16)14-12)13-9(15)7-18-8-5-3-2-4-6-8/h2-6,10,12H,7H2,1H3,(H,13,15)(H,14,16)/t10-,12+,19?/m0/s1. The molecule has 1 heterocycles. The molecule has 2 rings (SSSR count). The number of amides is 2. The number of benzene rings is 1. The van der Waals surface area contributed by atoms with Crippen molar-refractivity contribution in [1.29, 1.82) is 0 Å². The molecule has 3 atom stereocenters. The van der Waals surface area contributed by atoms with Crippen LogP contribution in [0.2, 0.25) is 0 Å². The predicted molar refractivity (Wildman–Crippen MR) is 69.9 cm³/mol. The van der Waals surface area contributed by atoms with Gasteiger partial charge in [-0.15, -0.1) is 0 Å². The van der Waals surface area contributed by atoms with Gasteiger partial charge in [0.25, 0.3) is 5.91 Å². The Morgan fingerprint density at radius 3 is 2.68 bits per heavy atom. The SMILES string of the molecule is CS(=O)[C@H]1NC(=O)[C@@H]1NC(=O)COc1ccccc1. The average molecular weight is 282 g/mol. The highest BCUT2D eigenvalue weighted by Crippen LogP contribution is 2.10. The van der Waals surface area contributed by atoms with Gasteiger partial charge in [0.15, 0.2) is 6.61 Å². The van der Waals surface area contributed by atoms with Crippen molar-refractivity contribution in [1.82, 2.24) is 10.6 Å². The lowest BCUT2D eigenvalue weighted by Crippen LogP contribution is -2.70. The topological polar surface area (TPSA) is 84.5 Å². The van der Waals surface area contributed by atoms with E-state index in [1.54, 1.807) is 24.3 Å². The third-order valence-electron chi connectivity index (χ3n) is 2.66. The van der Waals surface area contributed by atoms with Gasteiger partial charge in [-0.2, -0.15) is 0 Å². The first kappa shape index (κ1) is 13.5. The van der Waals surface area contributed by atoms with E-state index in [1.807, 2.05) is 6.07 Å². The molecule has 6 nitrogen and oxygen atoms in total. The number of rotatable bonds is 5. The summed E-state index contributed by atoms with van der Waals surface area (Å²) in [7, 11) is -1.22. The molecule has 7 heteroatoms. The second-order valence-electron chi connectivity index (χ2n) is 4.07. The molecule has 1 aliphatic rings. The molecule has 102 valence electrons. The molecule has 0 aromatic heterocycles. The molecule has 19 heavy (non-hydrogen) atoms. The third-order valence-corrected chi connectivity index (χ3v) is 3.76. The summed E-state index contributed by atoms with van der Waals surface area (Å²) in [4.78, 5) is 22.9. The lowest BCUT2D eigenvalue weighted by molar-refractivity contribution is -0.135. The fraction of sp³-hybridized carbons (Fsp3) is 0.333. The molecule has 0 radical (unpaired) electrons. The van der Waals surface area contributed by atoms with Crippen LogP contribution in [-0.2, 0) is 20.4 Å². The predicted octanol–water partition coefficient (Wildman–Crippen LogP) is -0.615. The minimum atomic E-state index is -1.22. The highest BCUT2D eigenvalue weighted by molar-refractivity contribution is 7.85. The number of nitrogens with one attached hydrogen (secondary N) is 2. The normalized spacial score (nSPS) is 22.9. The van der Waals surface area contributed by atoms with Crippen molar-refractivity contribution in [2.45, 2.75) is 11.4 Å². The Labute approximate surface area is 113 Å². The molecule has 2 amide bonds. The van der Waals surface area contributed by atoms with Gasteiger partial charge in [0.2, 0.25) is 5.91 Å². The molecule has 0 aliphatic carbocycles. The van der Waals surface area contributed by atoms with E-state index in [2.05, 4.69) is 10.6 Å². The molecule has 2 N–H and O–H groups in total. The molecular formula is C12H14N2O4S. The average Bonchev–Trinajstić information content (AvgIpc) is 2.40. The Bertz CT molecular complexity index is 506. The zero-order valence-corrected chi connectivity index (χ0v) is 11.1. The summed E-state index contributed by atoms with van der Waals surface area (Å²) in [6.45, 7) is -0.184. The van der Waals surface area contributed by atoms with Crippen LogP contribution in [0.5, 0.6) is 5.75 Å². The number of hydrogen-bond acceptors (Lipinski definition) is 4. The Hall–Kier alpha value is -1.89. The Morgan fingerprint density at radius 2 is 2.11 bits per heavy atom. The summed E-state index contributed by atoms with van der Waals surface area (Å²) in [6.07, 6.45) is 1.48. The van der Waals surface area contributed by atoms with Gasteiger partial charge >= 0.3 is 0 Å². The second kappa shape index (κ2) is 5.83. The van der Waals surface area contributed by atoms with Gasteiger partial charge in [-0.25, -0.2) is 0 Å². The van der Waals surface area contributed by atoms with Crippen LogP contribution in [-0.4, -0.2) is 40.3 Å². The minimum Gasteiger partial charge on any atom is -0.484 e. The van der Waals surface area contributed by atoms with Gasteiger partial charge in [-0.3, -0.25) is 13.8 Å². The number of ether oxygens (including phenoxy) is 1. The maximum absolute atomic E-state index is 11.6. The molecule has 1 aromatic carbocycles. The van der Waals surface area contributed by atoms with Crippen molar-refractivity contribution < 1.29 is 18.5 Å². The Kier molecular flexibility index (Phi) is 4.16.